The first-order chi connectivity index (χ1) is 15.7. The molecule has 0 amide bonds. The van der Waals surface area contributed by atoms with Crippen LogP contribution >= 0.6 is 0 Å². The predicted octanol–water partition coefficient (Wildman–Crippen LogP) is 3.80. The molecule has 2 heterocycles. The minimum Gasteiger partial charge on any atom is -0.493 e. The lowest BCUT2D eigenvalue weighted by atomic mass is 10.1. The molecule has 0 unspecified atom stereocenters. The van der Waals surface area contributed by atoms with E-state index in [1.54, 1.807) is 25.1 Å². The van der Waals surface area contributed by atoms with Crippen LogP contribution < -0.4 is 10.3 Å². The van der Waals surface area contributed by atoms with Gasteiger partial charge in [0.05, 0.1) is 35.5 Å². The monoisotopic (exact) mass is 458 g/mol. The second-order valence-electron chi connectivity index (χ2n) is 7.10. The van der Waals surface area contributed by atoms with E-state index < -0.39 is 17.7 Å². The average Bonchev–Trinajstić information content (AvgIpc) is 3.22. The minimum atomic E-state index is -4.53. The molecular formula is C22H17F3N4O4. The van der Waals surface area contributed by atoms with Crippen LogP contribution in [0.15, 0.2) is 53.5 Å². The standard InChI is InChI=1S/C22H17F3N4O4/c1-12-5-3-8-15-18(12)26-17(27-20(15)30)11-33-21(31)19-16(32-2)10-29(28-19)14-7-4-6-13(9-14)22(23,24)25/h3-10H,11H2,1-2H3,(H,26,27,30). The number of halogens is 3. The molecule has 8 nitrogen and oxygen atoms in total. The van der Waals surface area contributed by atoms with Crippen molar-refractivity contribution in [3.63, 3.8) is 0 Å². The van der Waals surface area contributed by atoms with Gasteiger partial charge in [0.1, 0.15) is 12.4 Å². The van der Waals surface area contributed by atoms with Crippen molar-refractivity contribution in [1.82, 2.24) is 19.7 Å². The summed E-state index contributed by atoms with van der Waals surface area (Å²) in [5.74, 6) is -0.759. The Kier molecular flexibility index (Phi) is 5.62. The summed E-state index contributed by atoms with van der Waals surface area (Å²) >= 11 is 0. The van der Waals surface area contributed by atoms with Gasteiger partial charge in [-0.15, -0.1) is 0 Å². The summed E-state index contributed by atoms with van der Waals surface area (Å²) in [5, 5.41) is 4.43. The topological polar surface area (TPSA) is 99.1 Å². The summed E-state index contributed by atoms with van der Waals surface area (Å²) in [7, 11) is 1.29. The van der Waals surface area contributed by atoms with Gasteiger partial charge in [-0.1, -0.05) is 18.2 Å². The van der Waals surface area contributed by atoms with Gasteiger partial charge >= 0.3 is 12.1 Å². The van der Waals surface area contributed by atoms with Crippen molar-refractivity contribution in [3.8, 4) is 11.4 Å². The molecule has 2 aromatic carbocycles. The van der Waals surface area contributed by atoms with Crippen molar-refractivity contribution in [1.29, 1.82) is 0 Å². The lowest BCUT2D eigenvalue weighted by Crippen LogP contribution is -2.15. The van der Waals surface area contributed by atoms with Crippen molar-refractivity contribution in [2.45, 2.75) is 19.7 Å². The molecule has 4 rings (SSSR count). The molecule has 0 atom stereocenters. The number of para-hydroxylation sites is 1. The molecule has 0 aliphatic carbocycles. The highest BCUT2D eigenvalue weighted by molar-refractivity contribution is 5.90. The van der Waals surface area contributed by atoms with E-state index in [0.717, 1.165) is 22.4 Å². The zero-order valence-corrected chi connectivity index (χ0v) is 17.4. The first-order valence-corrected chi connectivity index (χ1v) is 9.64. The Hall–Kier alpha value is -4.15. The number of aromatic amines is 1. The number of fused-ring (bicyclic) bond motifs is 1. The number of hydrogen-bond acceptors (Lipinski definition) is 6. The van der Waals surface area contributed by atoms with Crippen molar-refractivity contribution < 1.29 is 27.4 Å². The first-order valence-electron chi connectivity index (χ1n) is 9.64. The SMILES string of the molecule is COc1cn(-c2cccc(C(F)(F)F)c2)nc1C(=O)OCc1nc2c(C)cccc2c(=O)[nH]1. The van der Waals surface area contributed by atoms with E-state index in [1.165, 1.54) is 25.4 Å². The summed E-state index contributed by atoms with van der Waals surface area (Å²) in [6.07, 6.45) is -3.26. The van der Waals surface area contributed by atoms with Crippen molar-refractivity contribution in [2.24, 2.45) is 0 Å². The third kappa shape index (κ3) is 4.43. The maximum absolute atomic E-state index is 13.0. The van der Waals surface area contributed by atoms with Crippen LogP contribution in [0.4, 0.5) is 13.2 Å². The fraction of sp³-hybridized carbons (Fsp3) is 0.182. The van der Waals surface area contributed by atoms with E-state index in [1.807, 2.05) is 0 Å². The number of carbonyl (C=O) groups excluding carboxylic acids is 1. The van der Waals surface area contributed by atoms with E-state index in [-0.39, 0.29) is 35.1 Å². The molecule has 0 radical (unpaired) electrons. The summed E-state index contributed by atoms with van der Waals surface area (Å²) in [5.41, 5.74) is -0.125. The lowest BCUT2D eigenvalue weighted by Gasteiger charge is -2.08. The quantitative estimate of drug-likeness (QED) is 0.457. The van der Waals surface area contributed by atoms with Crippen LogP contribution in [0.25, 0.3) is 16.6 Å². The Morgan fingerprint density at radius 1 is 1.18 bits per heavy atom. The Morgan fingerprint density at radius 2 is 1.94 bits per heavy atom. The van der Waals surface area contributed by atoms with Gasteiger partial charge in [-0.2, -0.15) is 18.3 Å². The number of carbonyl (C=O) groups is 1. The number of alkyl halides is 3. The van der Waals surface area contributed by atoms with E-state index in [4.69, 9.17) is 9.47 Å². The van der Waals surface area contributed by atoms with Gasteiger partial charge < -0.3 is 14.5 Å². The highest BCUT2D eigenvalue weighted by Crippen LogP contribution is 2.31. The molecule has 1 N–H and O–H groups in total. The highest BCUT2D eigenvalue weighted by atomic mass is 19.4. The molecule has 4 aromatic rings. The molecule has 0 fully saturated rings. The van der Waals surface area contributed by atoms with Crippen LogP contribution in [0.2, 0.25) is 0 Å². The van der Waals surface area contributed by atoms with Gasteiger partial charge in [0.15, 0.2) is 5.75 Å². The molecule has 0 aliphatic heterocycles. The second kappa shape index (κ2) is 8.41. The van der Waals surface area contributed by atoms with Crippen LogP contribution in [0.1, 0.15) is 27.4 Å². The summed E-state index contributed by atoms with van der Waals surface area (Å²) in [6.45, 7) is 1.45. The second-order valence-corrected chi connectivity index (χ2v) is 7.10. The van der Waals surface area contributed by atoms with Crippen molar-refractivity contribution in [2.75, 3.05) is 7.11 Å². The van der Waals surface area contributed by atoms with Crippen LogP contribution in [0.3, 0.4) is 0 Å². The van der Waals surface area contributed by atoms with Crippen molar-refractivity contribution in [3.05, 3.63) is 81.7 Å². The average molecular weight is 458 g/mol. The number of ether oxygens (including phenoxy) is 2. The Balaban J connectivity index is 1.58. The van der Waals surface area contributed by atoms with Gasteiger partial charge in [0.2, 0.25) is 5.69 Å². The van der Waals surface area contributed by atoms with E-state index >= 15 is 0 Å². The Labute approximate surface area is 184 Å². The molecule has 170 valence electrons. The predicted molar refractivity (Wildman–Crippen MR) is 111 cm³/mol. The van der Waals surface area contributed by atoms with Crippen LogP contribution in [0.5, 0.6) is 5.75 Å². The van der Waals surface area contributed by atoms with E-state index in [9.17, 15) is 22.8 Å². The van der Waals surface area contributed by atoms with Gasteiger partial charge in [0.25, 0.3) is 5.56 Å². The van der Waals surface area contributed by atoms with Crippen LogP contribution in [-0.4, -0.2) is 32.8 Å². The fourth-order valence-electron chi connectivity index (χ4n) is 3.23. The molecule has 11 heteroatoms. The molecule has 0 saturated heterocycles. The zero-order chi connectivity index (χ0) is 23.8. The fourth-order valence-corrected chi connectivity index (χ4v) is 3.23. The summed E-state index contributed by atoms with van der Waals surface area (Å²) in [6, 6.07) is 9.63. The van der Waals surface area contributed by atoms with Gasteiger partial charge in [-0.05, 0) is 36.8 Å². The third-order valence-electron chi connectivity index (χ3n) is 4.86. The maximum atomic E-state index is 13.0. The summed E-state index contributed by atoms with van der Waals surface area (Å²) in [4.78, 5) is 31.8. The first kappa shape index (κ1) is 22.1. The number of nitrogens with zero attached hydrogens (tertiary/aromatic N) is 3. The van der Waals surface area contributed by atoms with Gasteiger partial charge in [0, 0.05) is 0 Å². The van der Waals surface area contributed by atoms with E-state index in [2.05, 4.69) is 15.1 Å². The molecule has 2 aromatic heterocycles. The number of benzene rings is 2. The number of nitrogens with one attached hydrogen (secondary N) is 1. The molecular weight excluding hydrogens is 441 g/mol. The lowest BCUT2D eigenvalue weighted by molar-refractivity contribution is -0.137. The largest absolute Gasteiger partial charge is 0.493 e. The molecule has 0 saturated carbocycles. The minimum absolute atomic E-state index is 0.00761. The number of esters is 1. The highest BCUT2D eigenvalue weighted by Gasteiger charge is 2.31. The maximum Gasteiger partial charge on any atom is 0.416 e. The third-order valence-corrected chi connectivity index (χ3v) is 4.86. The molecule has 0 spiro atoms. The Bertz CT molecular complexity index is 1410. The number of H-pyrrole nitrogens is 1. The van der Waals surface area contributed by atoms with Crippen molar-refractivity contribution >= 4 is 16.9 Å². The van der Waals surface area contributed by atoms with Crippen LogP contribution in [-0.2, 0) is 17.5 Å². The van der Waals surface area contributed by atoms with Gasteiger partial charge in [-0.3, -0.25) is 4.79 Å². The number of aromatic nitrogens is 4. The molecule has 0 aliphatic rings. The number of rotatable bonds is 5. The summed E-state index contributed by atoms with van der Waals surface area (Å²) < 4.78 is 50.5. The molecule has 33 heavy (non-hydrogen) atoms. The normalized spacial score (nSPS) is 11.5. The number of hydrogen-bond donors (Lipinski definition) is 1. The zero-order valence-electron chi connectivity index (χ0n) is 17.4. The smallest absolute Gasteiger partial charge is 0.416 e. The van der Waals surface area contributed by atoms with E-state index in [0.29, 0.717) is 10.9 Å². The number of methoxy groups -OCH3 is 1. The van der Waals surface area contributed by atoms with Gasteiger partial charge in [-0.25, -0.2) is 14.5 Å². The molecule has 0 bridgehead atoms. The Morgan fingerprint density at radius 3 is 2.67 bits per heavy atom. The van der Waals surface area contributed by atoms with Crippen LogP contribution in [0, 0.1) is 6.92 Å². The number of aryl methyl sites for hydroxylation is 1.